The van der Waals surface area contributed by atoms with Crippen LogP contribution in [0.2, 0.25) is 5.15 Å². The summed E-state index contributed by atoms with van der Waals surface area (Å²) < 4.78 is 5.14. The standard InChI is InChI=1S/C15H18ClN3O/c1-10-14(16)18-11(2)19-15(10)17-8-12-5-4-6-13(7-12)9-20-3/h4-7H,8-9H2,1-3H3,(H,17,18,19). The van der Waals surface area contributed by atoms with Gasteiger partial charge in [0.2, 0.25) is 0 Å². The average Bonchev–Trinajstić information content (AvgIpc) is 2.42. The summed E-state index contributed by atoms with van der Waals surface area (Å²) in [6.45, 7) is 5.04. The van der Waals surface area contributed by atoms with Crippen LogP contribution in [-0.2, 0) is 17.9 Å². The largest absolute Gasteiger partial charge is 0.380 e. The number of anilines is 1. The maximum atomic E-state index is 6.06. The smallest absolute Gasteiger partial charge is 0.137 e. The Morgan fingerprint density at radius 2 is 1.95 bits per heavy atom. The number of rotatable bonds is 5. The van der Waals surface area contributed by atoms with Crippen molar-refractivity contribution in [2.45, 2.75) is 27.0 Å². The molecule has 1 heterocycles. The third kappa shape index (κ3) is 3.68. The molecular weight excluding hydrogens is 274 g/mol. The van der Waals surface area contributed by atoms with Crippen LogP contribution in [0.3, 0.4) is 0 Å². The van der Waals surface area contributed by atoms with Gasteiger partial charge in [0.05, 0.1) is 6.61 Å². The summed E-state index contributed by atoms with van der Waals surface area (Å²) in [5.41, 5.74) is 3.19. The maximum Gasteiger partial charge on any atom is 0.137 e. The van der Waals surface area contributed by atoms with E-state index in [0.717, 1.165) is 16.9 Å². The number of hydrogen-bond donors (Lipinski definition) is 1. The van der Waals surface area contributed by atoms with Crippen LogP contribution in [0.4, 0.5) is 5.82 Å². The first kappa shape index (κ1) is 14.8. The fourth-order valence-corrected chi connectivity index (χ4v) is 2.16. The summed E-state index contributed by atoms with van der Waals surface area (Å²) >= 11 is 6.06. The quantitative estimate of drug-likeness (QED) is 0.857. The van der Waals surface area contributed by atoms with Crippen molar-refractivity contribution in [2.75, 3.05) is 12.4 Å². The monoisotopic (exact) mass is 291 g/mol. The van der Waals surface area contributed by atoms with Crippen molar-refractivity contribution >= 4 is 17.4 Å². The number of aromatic nitrogens is 2. The summed E-state index contributed by atoms with van der Waals surface area (Å²) in [4.78, 5) is 8.50. The molecule has 20 heavy (non-hydrogen) atoms. The SMILES string of the molecule is COCc1cccc(CNc2nc(C)nc(Cl)c2C)c1. The number of benzene rings is 1. The van der Waals surface area contributed by atoms with Crippen LogP contribution >= 0.6 is 11.6 Å². The molecule has 0 unspecified atom stereocenters. The summed E-state index contributed by atoms with van der Waals surface area (Å²) in [5, 5.41) is 3.80. The van der Waals surface area contributed by atoms with E-state index in [1.54, 1.807) is 7.11 Å². The second kappa shape index (κ2) is 6.68. The second-order valence-electron chi connectivity index (χ2n) is 4.64. The van der Waals surface area contributed by atoms with Gasteiger partial charge in [-0.3, -0.25) is 0 Å². The van der Waals surface area contributed by atoms with Gasteiger partial charge in [-0.2, -0.15) is 0 Å². The summed E-state index contributed by atoms with van der Waals surface area (Å²) in [6, 6.07) is 8.25. The van der Waals surface area contributed by atoms with Crippen molar-refractivity contribution in [3.05, 3.63) is 51.9 Å². The van der Waals surface area contributed by atoms with Gasteiger partial charge < -0.3 is 10.1 Å². The minimum absolute atomic E-state index is 0.494. The minimum Gasteiger partial charge on any atom is -0.380 e. The first-order valence-corrected chi connectivity index (χ1v) is 6.79. The molecule has 0 amide bonds. The lowest BCUT2D eigenvalue weighted by molar-refractivity contribution is 0.185. The predicted molar refractivity (Wildman–Crippen MR) is 81.0 cm³/mol. The minimum atomic E-state index is 0.494. The van der Waals surface area contributed by atoms with Gasteiger partial charge >= 0.3 is 0 Å². The van der Waals surface area contributed by atoms with Crippen molar-refractivity contribution in [2.24, 2.45) is 0 Å². The molecule has 1 N–H and O–H groups in total. The molecule has 0 atom stereocenters. The maximum absolute atomic E-state index is 6.06. The molecule has 5 heteroatoms. The van der Waals surface area contributed by atoms with E-state index in [1.807, 2.05) is 26.0 Å². The Kier molecular flexibility index (Phi) is 4.93. The summed E-state index contributed by atoms with van der Waals surface area (Å²) in [6.07, 6.45) is 0. The number of halogens is 1. The van der Waals surface area contributed by atoms with E-state index in [1.165, 1.54) is 5.56 Å². The Morgan fingerprint density at radius 3 is 2.70 bits per heavy atom. The fourth-order valence-electron chi connectivity index (χ4n) is 1.95. The van der Waals surface area contributed by atoms with Gasteiger partial charge in [0, 0.05) is 19.2 Å². The Morgan fingerprint density at radius 1 is 1.20 bits per heavy atom. The molecule has 106 valence electrons. The van der Waals surface area contributed by atoms with Gasteiger partial charge in [-0.1, -0.05) is 35.9 Å². The van der Waals surface area contributed by atoms with E-state index in [0.29, 0.717) is 24.1 Å². The normalized spacial score (nSPS) is 10.6. The molecule has 4 nitrogen and oxygen atoms in total. The Bertz CT molecular complexity index is 602. The molecule has 0 saturated heterocycles. The first-order valence-electron chi connectivity index (χ1n) is 6.41. The fraction of sp³-hybridized carbons (Fsp3) is 0.333. The molecular formula is C15H18ClN3O. The molecule has 1 aromatic heterocycles. The van der Waals surface area contributed by atoms with Crippen LogP contribution in [0.1, 0.15) is 22.5 Å². The number of ether oxygens (including phenoxy) is 1. The molecule has 1 aromatic carbocycles. The number of methoxy groups -OCH3 is 1. The zero-order valence-corrected chi connectivity index (χ0v) is 12.7. The van der Waals surface area contributed by atoms with E-state index < -0.39 is 0 Å². The molecule has 0 bridgehead atoms. The van der Waals surface area contributed by atoms with Crippen molar-refractivity contribution in [3.63, 3.8) is 0 Å². The highest BCUT2D eigenvalue weighted by Crippen LogP contribution is 2.20. The zero-order chi connectivity index (χ0) is 14.5. The number of aryl methyl sites for hydroxylation is 1. The van der Waals surface area contributed by atoms with E-state index in [4.69, 9.17) is 16.3 Å². The van der Waals surface area contributed by atoms with E-state index >= 15 is 0 Å². The van der Waals surface area contributed by atoms with E-state index in [2.05, 4.69) is 27.4 Å². The Labute approximate surface area is 124 Å². The van der Waals surface area contributed by atoms with Gasteiger partial charge in [-0.15, -0.1) is 0 Å². The van der Waals surface area contributed by atoms with Crippen LogP contribution in [0.25, 0.3) is 0 Å². The Hall–Kier alpha value is -1.65. The van der Waals surface area contributed by atoms with Crippen molar-refractivity contribution in [1.82, 2.24) is 9.97 Å². The highest BCUT2D eigenvalue weighted by atomic mass is 35.5. The topological polar surface area (TPSA) is 47.0 Å². The van der Waals surface area contributed by atoms with Gasteiger partial charge in [0.25, 0.3) is 0 Å². The molecule has 0 aliphatic carbocycles. The highest BCUT2D eigenvalue weighted by molar-refractivity contribution is 6.30. The lowest BCUT2D eigenvalue weighted by Gasteiger charge is -2.11. The predicted octanol–water partition coefficient (Wildman–Crippen LogP) is 3.51. The van der Waals surface area contributed by atoms with Crippen LogP contribution in [0.15, 0.2) is 24.3 Å². The van der Waals surface area contributed by atoms with Gasteiger partial charge in [-0.05, 0) is 25.0 Å². The van der Waals surface area contributed by atoms with Gasteiger partial charge in [0.1, 0.15) is 16.8 Å². The van der Waals surface area contributed by atoms with Gasteiger partial charge in [-0.25, -0.2) is 9.97 Å². The average molecular weight is 292 g/mol. The summed E-state index contributed by atoms with van der Waals surface area (Å²) in [5.74, 6) is 1.44. The van der Waals surface area contributed by atoms with Crippen LogP contribution < -0.4 is 5.32 Å². The second-order valence-corrected chi connectivity index (χ2v) is 5.00. The molecule has 0 fully saturated rings. The molecule has 0 spiro atoms. The van der Waals surface area contributed by atoms with E-state index in [9.17, 15) is 0 Å². The van der Waals surface area contributed by atoms with Crippen molar-refractivity contribution in [3.8, 4) is 0 Å². The molecule has 0 radical (unpaired) electrons. The summed E-state index contributed by atoms with van der Waals surface area (Å²) in [7, 11) is 1.69. The van der Waals surface area contributed by atoms with Crippen LogP contribution in [0.5, 0.6) is 0 Å². The number of nitrogens with zero attached hydrogens (tertiary/aromatic N) is 2. The lowest BCUT2D eigenvalue weighted by Crippen LogP contribution is -2.06. The molecule has 0 aliphatic heterocycles. The van der Waals surface area contributed by atoms with Crippen molar-refractivity contribution < 1.29 is 4.74 Å². The third-order valence-corrected chi connectivity index (χ3v) is 3.33. The van der Waals surface area contributed by atoms with Gasteiger partial charge in [0.15, 0.2) is 0 Å². The molecule has 2 aromatic rings. The van der Waals surface area contributed by atoms with Crippen LogP contribution in [0, 0.1) is 13.8 Å². The zero-order valence-electron chi connectivity index (χ0n) is 11.9. The Balaban J connectivity index is 2.10. The number of nitrogens with one attached hydrogen (secondary N) is 1. The van der Waals surface area contributed by atoms with Crippen LogP contribution in [-0.4, -0.2) is 17.1 Å². The third-order valence-electron chi connectivity index (χ3n) is 2.96. The van der Waals surface area contributed by atoms with Crippen molar-refractivity contribution in [1.29, 1.82) is 0 Å². The molecule has 2 rings (SSSR count). The molecule has 0 saturated carbocycles. The first-order chi connectivity index (χ1) is 9.60. The van der Waals surface area contributed by atoms with E-state index in [-0.39, 0.29) is 0 Å². The molecule has 0 aliphatic rings. The highest BCUT2D eigenvalue weighted by Gasteiger charge is 2.07. The number of hydrogen-bond acceptors (Lipinski definition) is 4. The lowest BCUT2D eigenvalue weighted by atomic mass is 10.1.